The normalized spacial score (nSPS) is 11.6. The lowest BCUT2D eigenvalue weighted by Gasteiger charge is -2.03. The number of nitrogens with zero attached hydrogens (tertiary/aromatic N) is 1. The molecule has 0 saturated heterocycles. The first-order valence-electron chi connectivity index (χ1n) is 6.76. The van der Waals surface area contributed by atoms with Gasteiger partial charge in [0.25, 0.3) is 5.91 Å². The van der Waals surface area contributed by atoms with Gasteiger partial charge in [0.2, 0.25) is 5.96 Å². The van der Waals surface area contributed by atoms with Crippen molar-refractivity contribution >= 4 is 46.3 Å². The Morgan fingerprint density at radius 2 is 1.96 bits per heavy atom. The molecule has 0 fully saturated rings. The van der Waals surface area contributed by atoms with E-state index in [0.717, 1.165) is 15.8 Å². The summed E-state index contributed by atoms with van der Waals surface area (Å²) in [5.74, 6) is -0.406. The Morgan fingerprint density at radius 3 is 2.74 bits per heavy atom. The fourth-order valence-corrected chi connectivity index (χ4v) is 2.75. The van der Waals surface area contributed by atoms with Gasteiger partial charge in [0.1, 0.15) is 5.69 Å². The van der Waals surface area contributed by atoms with E-state index in [0.29, 0.717) is 10.7 Å². The van der Waals surface area contributed by atoms with Crippen LogP contribution in [-0.2, 0) is 0 Å². The largest absolute Gasteiger partial charge is 0.369 e. The minimum atomic E-state index is -0.448. The molecule has 0 spiro atoms. The van der Waals surface area contributed by atoms with E-state index >= 15 is 0 Å². The topological polar surface area (TPSA) is 83.3 Å². The highest BCUT2D eigenvalue weighted by Crippen LogP contribution is 2.20. The predicted octanol–water partition coefficient (Wildman–Crippen LogP) is 3.57. The monoisotopic (exact) mass is 344 g/mol. The Labute approximate surface area is 142 Å². The summed E-state index contributed by atoms with van der Waals surface area (Å²) in [6.45, 7) is 0. The summed E-state index contributed by atoms with van der Waals surface area (Å²) in [5.41, 5.74) is 6.92. The van der Waals surface area contributed by atoms with Crippen LogP contribution in [0.5, 0.6) is 0 Å². The molecule has 0 aliphatic heterocycles. The molecular formula is C16H13ClN4OS. The summed E-state index contributed by atoms with van der Waals surface area (Å²) < 4.78 is 2.83. The molecule has 1 heterocycles. The average Bonchev–Trinajstić information content (AvgIpc) is 2.97. The van der Waals surface area contributed by atoms with E-state index in [1.807, 2.05) is 36.4 Å². The number of aromatic nitrogens is 1. The number of hydrogen-bond donors (Lipinski definition) is 3. The number of guanidine groups is 1. The number of aliphatic imine (C=N–C) groups is 1. The van der Waals surface area contributed by atoms with Crippen molar-refractivity contribution in [3.8, 4) is 0 Å². The van der Waals surface area contributed by atoms with Crippen molar-refractivity contribution in [3.05, 3.63) is 65.3 Å². The smallest absolute Gasteiger partial charge is 0.296 e. The molecule has 1 amide bonds. The molecule has 7 heteroatoms. The lowest BCUT2D eigenvalue weighted by atomic mass is 10.2. The van der Waals surface area contributed by atoms with Crippen LogP contribution in [-0.4, -0.2) is 16.9 Å². The molecule has 1 aromatic heterocycles. The standard InChI is InChI=1S/C16H13ClN4OS/c17-11-6-7-13-10(8-11)9-14(19-13)15(22)20-16(18)21-23-12-4-2-1-3-5-12/h1-9,19H,(H3,18,20,21,22). The van der Waals surface area contributed by atoms with Crippen molar-refractivity contribution < 1.29 is 4.79 Å². The van der Waals surface area contributed by atoms with Crippen molar-refractivity contribution in [2.45, 2.75) is 4.90 Å². The average molecular weight is 345 g/mol. The number of rotatable bonds is 3. The number of nitrogens with one attached hydrogen (secondary N) is 2. The first kappa shape index (κ1) is 15.5. The molecule has 116 valence electrons. The van der Waals surface area contributed by atoms with Gasteiger partial charge in [-0.25, -0.2) is 0 Å². The summed E-state index contributed by atoms with van der Waals surface area (Å²) in [6.07, 6.45) is 0. The van der Waals surface area contributed by atoms with Gasteiger partial charge in [-0.2, -0.15) is 4.99 Å². The second kappa shape index (κ2) is 6.76. The Balaban J connectivity index is 1.71. The highest BCUT2D eigenvalue weighted by Gasteiger charge is 2.09. The third-order valence-corrected chi connectivity index (χ3v) is 4.11. The molecule has 3 rings (SSSR count). The maximum atomic E-state index is 12.1. The third-order valence-electron chi connectivity index (χ3n) is 3.05. The minimum absolute atomic E-state index is 0.0422. The van der Waals surface area contributed by atoms with E-state index in [1.54, 1.807) is 18.2 Å². The molecule has 0 atom stereocenters. The van der Waals surface area contributed by atoms with Crippen molar-refractivity contribution in [1.29, 1.82) is 0 Å². The molecule has 0 saturated carbocycles. The number of fused-ring (bicyclic) bond motifs is 1. The zero-order valence-electron chi connectivity index (χ0n) is 11.9. The molecule has 0 bridgehead atoms. The summed E-state index contributed by atoms with van der Waals surface area (Å²) in [4.78, 5) is 19.9. The maximum absolute atomic E-state index is 12.1. The van der Waals surface area contributed by atoms with Gasteiger partial charge in [-0.05, 0) is 48.3 Å². The fraction of sp³-hybridized carbons (Fsp3) is 0. The van der Waals surface area contributed by atoms with Gasteiger partial charge in [-0.15, -0.1) is 0 Å². The van der Waals surface area contributed by atoms with Gasteiger partial charge in [0.15, 0.2) is 0 Å². The van der Waals surface area contributed by atoms with Crippen LogP contribution in [0.2, 0.25) is 5.02 Å². The number of carbonyl (C=O) groups excluding carboxylic acids is 1. The number of aromatic amines is 1. The van der Waals surface area contributed by atoms with E-state index in [-0.39, 0.29) is 5.96 Å². The number of amides is 1. The Bertz CT molecular complexity index is 876. The van der Waals surface area contributed by atoms with Crippen LogP contribution in [0, 0.1) is 0 Å². The Hall–Kier alpha value is -2.44. The van der Waals surface area contributed by atoms with E-state index in [2.05, 4.69) is 14.7 Å². The number of carbonyl (C=O) groups is 1. The maximum Gasteiger partial charge on any atom is 0.296 e. The highest BCUT2D eigenvalue weighted by atomic mass is 35.5. The lowest BCUT2D eigenvalue weighted by molar-refractivity contribution is 0.0998. The molecule has 0 unspecified atom stereocenters. The van der Waals surface area contributed by atoms with Gasteiger partial charge < -0.3 is 10.7 Å². The van der Waals surface area contributed by atoms with Crippen molar-refractivity contribution in [1.82, 2.24) is 9.71 Å². The molecular weight excluding hydrogens is 332 g/mol. The first-order chi connectivity index (χ1) is 11.1. The van der Waals surface area contributed by atoms with Crippen LogP contribution >= 0.6 is 23.5 Å². The number of nitrogens with two attached hydrogens (primary N) is 1. The molecule has 3 aromatic rings. The Morgan fingerprint density at radius 1 is 1.17 bits per heavy atom. The number of hydrogen-bond acceptors (Lipinski definition) is 2. The van der Waals surface area contributed by atoms with Gasteiger partial charge in [0, 0.05) is 20.8 Å². The second-order valence-electron chi connectivity index (χ2n) is 4.73. The second-order valence-corrected chi connectivity index (χ2v) is 6.05. The fourth-order valence-electron chi connectivity index (χ4n) is 2.01. The van der Waals surface area contributed by atoms with Crippen LogP contribution in [0.3, 0.4) is 0 Å². The predicted molar refractivity (Wildman–Crippen MR) is 94.7 cm³/mol. The zero-order chi connectivity index (χ0) is 16.2. The number of halogens is 1. The summed E-state index contributed by atoms with van der Waals surface area (Å²) >= 11 is 7.22. The third kappa shape index (κ3) is 3.85. The summed E-state index contributed by atoms with van der Waals surface area (Å²) in [7, 11) is 0. The Kier molecular flexibility index (Phi) is 4.55. The number of H-pyrrole nitrogens is 1. The molecule has 2 aromatic carbocycles. The van der Waals surface area contributed by atoms with Gasteiger partial charge >= 0.3 is 0 Å². The molecule has 4 N–H and O–H groups in total. The molecule has 0 aliphatic carbocycles. The van der Waals surface area contributed by atoms with Gasteiger partial charge in [0.05, 0.1) is 0 Å². The SMILES string of the molecule is NC(=NC(=O)c1cc2cc(Cl)ccc2[nH]1)NSc1ccccc1. The minimum Gasteiger partial charge on any atom is -0.369 e. The van der Waals surface area contributed by atoms with E-state index in [1.165, 1.54) is 11.9 Å². The first-order valence-corrected chi connectivity index (χ1v) is 7.96. The van der Waals surface area contributed by atoms with Crippen LogP contribution < -0.4 is 10.5 Å². The number of benzene rings is 2. The van der Waals surface area contributed by atoms with Crippen molar-refractivity contribution in [2.24, 2.45) is 10.7 Å². The molecule has 5 nitrogen and oxygen atoms in total. The summed E-state index contributed by atoms with van der Waals surface area (Å²) in [6, 6.07) is 16.6. The van der Waals surface area contributed by atoms with Crippen molar-refractivity contribution in [3.63, 3.8) is 0 Å². The highest BCUT2D eigenvalue weighted by molar-refractivity contribution is 7.98. The summed E-state index contributed by atoms with van der Waals surface area (Å²) in [5, 5.41) is 1.46. The van der Waals surface area contributed by atoms with E-state index < -0.39 is 5.91 Å². The van der Waals surface area contributed by atoms with Crippen LogP contribution in [0.4, 0.5) is 0 Å². The van der Waals surface area contributed by atoms with Gasteiger partial charge in [-0.1, -0.05) is 29.8 Å². The van der Waals surface area contributed by atoms with E-state index in [9.17, 15) is 4.79 Å². The van der Waals surface area contributed by atoms with Crippen LogP contribution in [0.25, 0.3) is 10.9 Å². The lowest BCUT2D eigenvalue weighted by Crippen LogP contribution is -2.27. The molecule has 0 aliphatic rings. The van der Waals surface area contributed by atoms with Crippen LogP contribution in [0.15, 0.2) is 64.5 Å². The van der Waals surface area contributed by atoms with Crippen molar-refractivity contribution in [2.75, 3.05) is 0 Å². The van der Waals surface area contributed by atoms with E-state index in [4.69, 9.17) is 17.3 Å². The zero-order valence-corrected chi connectivity index (χ0v) is 13.5. The molecule has 0 radical (unpaired) electrons. The quantitative estimate of drug-likeness (QED) is 0.385. The molecule has 23 heavy (non-hydrogen) atoms. The van der Waals surface area contributed by atoms with Crippen LogP contribution in [0.1, 0.15) is 10.5 Å². The van der Waals surface area contributed by atoms with Gasteiger partial charge in [-0.3, -0.25) is 9.52 Å².